The summed E-state index contributed by atoms with van der Waals surface area (Å²) in [7, 11) is 0. The van der Waals surface area contributed by atoms with Gasteiger partial charge in [-0.2, -0.15) is 0 Å². The molecule has 0 aliphatic rings. The predicted octanol–water partition coefficient (Wildman–Crippen LogP) is 5.96. The quantitative estimate of drug-likeness (QED) is 0.412. The van der Waals surface area contributed by atoms with E-state index in [-0.39, 0.29) is 0 Å². The zero-order chi connectivity index (χ0) is 18.9. The Morgan fingerprint density at radius 1 is 0.857 bits per heavy atom. The molecule has 2 heterocycles. The number of hydrogen-bond acceptors (Lipinski definition) is 4. The molecular formula is C23H18N4O. The van der Waals surface area contributed by atoms with Crippen molar-refractivity contribution in [3.63, 3.8) is 0 Å². The lowest BCUT2D eigenvalue weighted by Gasteiger charge is -2.13. The molecule has 0 aliphatic carbocycles. The predicted molar refractivity (Wildman–Crippen MR) is 112 cm³/mol. The lowest BCUT2D eigenvalue weighted by Crippen LogP contribution is -1.95. The summed E-state index contributed by atoms with van der Waals surface area (Å²) in [4.78, 5) is 12.2. The average molecular weight is 366 g/mol. The lowest BCUT2D eigenvalue weighted by atomic mass is 10.1. The highest BCUT2D eigenvalue weighted by Crippen LogP contribution is 2.32. The number of rotatable bonds is 4. The van der Waals surface area contributed by atoms with Crippen LogP contribution in [0.4, 0.5) is 11.4 Å². The van der Waals surface area contributed by atoms with Crippen LogP contribution in [0, 0.1) is 6.92 Å². The molecule has 0 fully saturated rings. The van der Waals surface area contributed by atoms with Crippen LogP contribution in [0.3, 0.4) is 0 Å². The van der Waals surface area contributed by atoms with E-state index in [9.17, 15) is 0 Å². The van der Waals surface area contributed by atoms with Gasteiger partial charge in [0, 0.05) is 22.3 Å². The molecule has 5 aromatic rings. The molecule has 0 unspecified atom stereocenters. The Bertz CT molecular complexity index is 1260. The maximum absolute atomic E-state index is 5.87. The van der Waals surface area contributed by atoms with Crippen molar-refractivity contribution >= 4 is 33.3 Å². The number of ether oxygens (including phenoxy) is 1. The van der Waals surface area contributed by atoms with Crippen LogP contribution < -0.4 is 10.1 Å². The van der Waals surface area contributed by atoms with Gasteiger partial charge in [-0.15, -0.1) is 0 Å². The molecule has 2 aromatic heterocycles. The lowest BCUT2D eigenvalue weighted by molar-refractivity contribution is 0.483. The summed E-state index contributed by atoms with van der Waals surface area (Å²) in [6.45, 7) is 2.04. The second kappa shape index (κ2) is 6.70. The molecule has 0 atom stereocenters. The number of para-hydroxylation sites is 1. The van der Waals surface area contributed by atoms with Gasteiger partial charge in [0.15, 0.2) is 0 Å². The van der Waals surface area contributed by atoms with E-state index in [4.69, 9.17) is 4.74 Å². The Morgan fingerprint density at radius 3 is 2.46 bits per heavy atom. The molecular weight excluding hydrogens is 348 g/mol. The third kappa shape index (κ3) is 3.03. The highest BCUT2D eigenvalue weighted by molar-refractivity contribution is 6.10. The van der Waals surface area contributed by atoms with E-state index in [2.05, 4.69) is 26.3 Å². The second-order valence-corrected chi connectivity index (χ2v) is 6.66. The minimum atomic E-state index is 0.795. The summed E-state index contributed by atoms with van der Waals surface area (Å²) < 4.78 is 5.87. The number of fused-ring (bicyclic) bond motifs is 3. The zero-order valence-electron chi connectivity index (χ0n) is 15.3. The molecule has 5 nitrogen and oxygen atoms in total. The van der Waals surface area contributed by atoms with E-state index in [1.807, 2.05) is 73.7 Å². The van der Waals surface area contributed by atoms with E-state index in [0.29, 0.717) is 0 Å². The molecule has 28 heavy (non-hydrogen) atoms. The van der Waals surface area contributed by atoms with Crippen LogP contribution >= 0.6 is 0 Å². The smallest absolute Gasteiger partial charge is 0.127 e. The SMILES string of the molecule is Cc1cc(Nc2ccc(Oc3ccccc3)cc2)c2c(ccc3ncnc32)[nH]1. The van der Waals surface area contributed by atoms with Gasteiger partial charge in [0.05, 0.1) is 11.2 Å². The Balaban J connectivity index is 1.49. The van der Waals surface area contributed by atoms with Crippen LogP contribution in [0.5, 0.6) is 11.5 Å². The maximum Gasteiger partial charge on any atom is 0.127 e. The Morgan fingerprint density at radius 2 is 1.64 bits per heavy atom. The fourth-order valence-corrected chi connectivity index (χ4v) is 3.36. The third-order valence-electron chi connectivity index (χ3n) is 4.61. The molecule has 5 rings (SSSR count). The van der Waals surface area contributed by atoms with Crippen LogP contribution in [0.25, 0.3) is 21.9 Å². The Labute approximate surface area is 162 Å². The van der Waals surface area contributed by atoms with Crippen molar-refractivity contribution in [1.82, 2.24) is 15.0 Å². The summed E-state index contributed by atoms with van der Waals surface area (Å²) in [5.41, 5.74) is 5.84. The van der Waals surface area contributed by atoms with Crippen LogP contribution in [-0.2, 0) is 0 Å². The number of anilines is 2. The standard InChI is InChI=1S/C23H18N4O/c1-15-13-21(22-19(26-15)11-12-20-23(22)25-14-24-20)27-16-7-9-18(10-8-16)28-17-5-3-2-4-6-17/h2-14,26-27H,1H3. The number of imidazole rings is 1. The molecule has 3 aromatic carbocycles. The molecule has 0 radical (unpaired) electrons. The minimum Gasteiger partial charge on any atom is -0.457 e. The van der Waals surface area contributed by atoms with E-state index in [1.54, 1.807) is 6.33 Å². The van der Waals surface area contributed by atoms with Crippen molar-refractivity contribution in [3.05, 3.63) is 84.8 Å². The van der Waals surface area contributed by atoms with Crippen LogP contribution in [0.15, 0.2) is 79.1 Å². The average Bonchev–Trinajstić information content (AvgIpc) is 3.19. The number of pyridine rings is 1. The molecule has 0 amide bonds. The normalized spacial score (nSPS) is 11.0. The van der Waals surface area contributed by atoms with Gasteiger partial charge in [0.2, 0.25) is 0 Å². The molecule has 0 aliphatic heterocycles. The van der Waals surface area contributed by atoms with Crippen LogP contribution in [0.2, 0.25) is 0 Å². The van der Waals surface area contributed by atoms with E-state index < -0.39 is 0 Å². The van der Waals surface area contributed by atoms with Gasteiger partial charge in [-0.05, 0) is 61.5 Å². The topological polar surface area (TPSA) is 62.8 Å². The summed E-state index contributed by atoms with van der Waals surface area (Å²) in [5.74, 6) is 1.61. The van der Waals surface area contributed by atoms with E-state index in [1.165, 1.54) is 0 Å². The molecule has 0 spiro atoms. The second-order valence-electron chi connectivity index (χ2n) is 6.66. The molecule has 0 saturated heterocycles. The number of aromatic nitrogens is 3. The first-order valence-corrected chi connectivity index (χ1v) is 9.09. The summed E-state index contributed by atoms with van der Waals surface area (Å²) in [6, 6.07) is 23.8. The van der Waals surface area contributed by atoms with Crippen molar-refractivity contribution in [2.45, 2.75) is 6.92 Å². The number of H-pyrrole nitrogens is 1. The van der Waals surface area contributed by atoms with Crippen molar-refractivity contribution in [2.24, 2.45) is 0 Å². The number of nitrogens with one attached hydrogen (secondary N) is 2. The first kappa shape index (κ1) is 16.3. The summed E-state index contributed by atoms with van der Waals surface area (Å²) in [5, 5.41) is 4.55. The number of nitrogens with zero attached hydrogens (tertiary/aromatic N) is 2. The van der Waals surface area contributed by atoms with Gasteiger partial charge in [-0.3, -0.25) is 0 Å². The van der Waals surface area contributed by atoms with Crippen molar-refractivity contribution < 1.29 is 4.74 Å². The van der Waals surface area contributed by atoms with Crippen molar-refractivity contribution in [3.8, 4) is 11.5 Å². The highest BCUT2D eigenvalue weighted by atomic mass is 16.5. The number of hydrogen-bond donors (Lipinski definition) is 2. The monoisotopic (exact) mass is 366 g/mol. The van der Waals surface area contributed by atoms with Crippen molar-refractivity contribution in [1.29, 1.82) is 0 Å². The molecule has 2 N–H and O–H groups in total. The molecule has 5 heteroatoms. The maximum atomic E-state index is 5.87. The zero-order valence-corrected chi connectivity index (χ0v) is 15.3. The van der Waals surface area contributed by atoms with Gasteiger partial charge in [0.25, 0.3) is 0 Å². The van der Waals surface area contributed by atoms with Crippen LogP contribution in [-0.4, -0.2) is 15.0 Å². The first-order valence-electron chi connectivity index (χ1n) is 9.09. The minimum absolute atomic E-state index is 0.795. The Hall–Kier alpha value is -3.86. The van der Waals surface area contributed by atoms with Gasteiger partial charge in [-0.25, -0.2) is 9.97 Å². The van der Waals surface area contributed by atoms with Crippen molar-refractivity contribution in [2.75, 3.05) is 5.32 Å². The third-order valence-corrected chi connectivity index (χ3v) is 4.61. The number of aromatic amines is 1. The van der Waals surface area contributed by atoms with Gasteiger partial charge < -0.3 is 15.0 Å². The molecule has 136 valence electrons. The largest absolute Gasteiger partial charge is 0.457 e. The molecule has 0 bridgehead atoms. The van der Waals surface area contributed by atoms with Gasteiger partial charge in [-0.1, -0.05) is 18.2 Å². The fraction of sp³-hybridized carbons (Fsp3) is 0.0435. The van der Waals surface area contributed by atoms with E-state index in [0.717, 1.165) is 50.5 Å². The van der Waals surface area contributed by atoms with Gasteiger partial charge >= 0.3 is 0 Å². The fourth-order valence-electron chi connectivity index (χ4n) is 3.36. The summed E-state index contributed by atoms with van der Waals surface area (Å²) in [6.07, 6.45) is 1.60. The van der Waals surface area contributed by atoms with Crippen LogP contribution in [0.1, 0.15) is 5.69 Å². The Kier molecular flexibility index (Phi) is 3.91. The number of benzene rings is 3. The van der Waals surface area contributed by atoms with E-state index >= 15 is 0 Å². The first-order chi connectivity index (χ1) is 13.8. The molecule has 0 saturated carbocycles. The highest BCUT2D eigenvalue weighted by Gasteiger charge is 2.10. The van der Waals surface area contributed by atoms with Gasteiger partial charge in [0.1, 0.15) is 23.3 Å². The summed E-state index contributed by atoms with van der Waals surface area (Å²) >= 11 is 0. The number of aryl methyl sites for hydroxylation is 1.